The van der Waals surface area contributed by atoms with Gasteiger partial charge in [0.25, 0.3) is 11.8 Å². The number of Topliss-reactive ketones (excluding diaryl/α,β-unsaturated/α-hetero) is 1. The van der Waals surface area contributed by atoms with Gasteiger partial charge < -0.3 is 24.1 Å². The van der Waals surface area contributed by atoms with E-state index in [2.05, 4.69) is 15.5 Å². The molecular formula is C23H30N4O8S. The zero-order valence-corrected chi connectivity index (χ0v) is 21.0. The number of benzene rings is 1. The highest BCUT2D eigenvalue weighted by Crippen LogP contribution is 2.13. The first-order valence-corrected chi connectivity index (χ1v) is 13.5. The maximum Gasteiger partial charge on any atom is 0.410 e. The normalized spacial score (nSPS) is 15.7. The van der Waals surface area contributed by atoms with Crippen LogP contribution in [0.1, 0.15) is 42.4 Å². The first kappa shape index (κ1) is 27.3. The number of morpholine rings is 1. The molecule has 1 aromatic heterocycles. The maximum absolute atomic E-state index is 13.1. The number of ketones is 1. The van der Waals surface area contributed by atoms with Gasteiger partial charge in [-0.1, -0.05) is 44.2 Å². The number of amides is 2. The second-order valence-electron chi connectivity index (χ2n) is 8.20. The van der Waals surface area contributed by atoms with Gasteiger partial charge >= 0.3 is 6.09 Å². The van der Waals surface area contributed by atoms with Crippen molar-refractivity contribution in [3.05, 3.63) is 47.7 Å². The van der Waals surface area contributed by atoms with Crippen molar-refractivity contribution in [3.8, 4) is 0 Å². The molecule has 0 spiro atoms. The highest BCUT2D eigenvalue weighted by Gasteiger charge is 2.34. The number of nitrogens with zero attached hydrogens (tertiary/aromatic N) is 3. The van der Waals surface area contributed by atoms with E-state index in [1.807, 2.05) is 0 Å². The number of sulfone groups is 1. The predicted molar refractivity (Wildman–Crippen MR) is 127 cm³/mol. The lowest BCUT2D eigenvalue weighted by atomic mass is 10.1. The van der Waals surface area contributed by atoms with Crippen LogP contribution in [0.15, 0.2) is 34.7 Å². The number of carbonyl (C=O) groups excluding carboxylic acids is 3. The van der Waals surface area contributed by atoms with Crippen LogP contribution < -0.4 is 5.32 Å². The topological polar surface area (TPSA) is 158 Å². The molecule has 0 bridgehead atoms. The summed E-state index contributed by atoms with van der Waals surface area (Å²) in [7, 11) is -3.88. The Morgan fingerprint density at radius 1 is 1.11 bits per heavy atom. The van der Waals surface area contributed by atoms with Crippen molar-refractivity contribution in [3.63, 3.8) is 0 Å². The molecule has 2 atom stereocenters. The average Bonchev–Trinajstić information content (AvgIpc) is 3.36. The molecule has 196 valence electrons. The van der Waals surface area contributed by atoms with Crippen LogP contribution in [0.25, 0.3) is 0 Å². The van der Waals surface area contributed by atoms with Crippen LogP contribution in [-0.4, -0.2) is 85.5 Å². The van der Waals surface area contributed by atoms with Gasteiger partial charge in [0, 0.05) is 19.5 Å². The summed E-state index contributed by atoms with van der Waals surface area (Å²) in [5.41, 5.74) is 0.529. The van der Waals surface area contributed by atoms with Gasteiger partial charge in [0.1, 0.15) is 0 Å². The largest absolute Gasteiger partial charge is 0.435 e. The molecule has 1 N–H and O–H groups in total. The molecular weight excluding hydrogens is 492 g/mol. The van der Waals surface area contributed by atoms with E-state index in [1.54, 1.807) is 44.2 Å². The summed E-state index contributed by atoms with van der Waals surface area (Å²) in [6.07, 6.45) is -1.92. The number of ether oxygens (including phenoxy) is 2. The average molecular weight is 523 g/mol. The molecule has 1 aliphatic heterocycles. The minimum atomic E-state index is -3.88. The van der Waals surface area contributed by atoms with Crippen LogP contribution >= 0.6 is 0 Å². The Hall–Kier alpha value is -3.32. The minimum Gasteiger partial charge on any atom is -0.435 e. The van der Waals surface area contributed by atoms with Crippen molar-refractivity contribution >= 4 is 27.6 Å². The van der Waals surface area contributed by atoms with Gasteiger partial charge in [0.2, 0.25) is 11.7 Å². The van der Waals surface area contributed by atoms with Gasteiger partial charge in [0.15, 0.2) is 15.9 Å². The molecule has 0 radical (unpaired) electrons. The molecule has 3 rings (SSSR count). The molecule has 1 aliphatic rings. The van der Waals surface area contributed by atoms with Crippen LogP contribution in [0.5, 0.6) is 0 Å². The summed E-state index contributed by atoms with van der Waals surface area (Å²) in [4.78, 5) is 40.0. The van der Waals surface area contributed by atoms with Crippen molar-refractivity contribution in [2.24, 2.45) is 0 Å². The number of aryl methyl sites for hydroxylation is 1. The van der Waals surface area contributed by atoms with Gasteiger partial charge in [-0.2, -0.15) is 0 Å². The SMILES string of the molecule is CCc1nnc(C(=O)[C@H](CC)NC(=O)[C@@H](CS(=O)(=O)Cc2ccccc2)OC(=O)N2CCOCC2)o1. The number of carbonyl (C=O) groups is 3. The van der Waals surface area contributed by atoms with Crippen molar-refractivity contribution in [2.75, 3.05) is 32.1 Å². The Bertz CT molecular complexity index is 1150. The molecule has 12 nitrogen and oxygen atoms in total. The van der Waals surface area contributed by atoms with E-state index in [-0.39, 0.29) is 37.0 Å². The second kappa shape index (κ2) is 12.6. The van der Waals surface area contributed by atoms with E-state index in [0.717, 1.165) is 0 Å². The number of hydrogen-bond donors (Lipinski definition) is 1. The molecule has 1 saturated heterocycles. The third-order valence-electron chi connectivity index (χ3n) is 5.46. The van der Waals surface area contributed by atoms with Gasteiger partial charge in [-0.15, -0.1) is 10.2 Å². The standard InChI is InChI=1S/C23H30N4O8S/c1-3-17(20(28)22-26-25-19(4-2)35-22)24-21(29)18(34-23(30)27-10-12-33-13-11-27)15-36(31,32)14-16-8-6-5-7-9-16/h5-9,17-18H,3-4,10-15H2,1-2H3,(H,24,29)/t17-,18+/m0/s1. The van der Waals surface area contributed by atoms with Crippen LogP contribution in [0.2, 0.25) is 0 Å². The van der Waals surface area contributed by atoms with E-state index in [9.17, 15) is 22.8 Å². The zero-order valence-electron chi connectivity index (χ0n) is 20.2. The van der Waals surface area contributed by atoms with E-state index < -0.39 is 45.5 Å². The molecule has 13 heteroatoms. The fourth-order valence-corrected chi connectivity index (χ4v) is 4.98. The molecule has 0 aliphatic carbocycles. The fourth-order valence-electron chi connectivity index (χ4n) is 3.49. The van der Waals surface area contributed by atoms with E-state index in [1.165, 1.54) is 4.90 Å². The Labute approximate surface area is 209 Å². The second-order valence-corrected chi connectivity index (χ2v) is 10.3. The fraction of sp³-hybridized carbons (Fsp3) is 0.522. The van der Waals surface area contributed by atoms with Crippen molar-refractivity contribution in [2.45, 2.75) is 44.6 Å². The highest BCUT2D eigenvalue weighted by atomic mass is 32.2. The molecule has 2 heterocycles. The summed E-state index contributed by atoms with van der Waals surface area (Å²) in [6.45, 7) is 4.53. The maximum atomic E-state index is 13.1. The molecule has 0 unspecified atom stereocenters. The number of nitrogens with one attached hydrogen (secondary N) is 1. The molecule has 2 amide bonds. The van der Waals surface area contributed by atoms with Crippen molar-refractivity contribution in [1.82, 2.24) is 20.4 Å². The summed E-state index contributed by atoms with van der Waals surface area (Å²) >= 11 is 0. The lowest BCUT2D eigenvalue weighted by Crippen LogP contribution is -2.51. The molecule has 1 fully saturated rings. The highest BCUT2D eigenvalue weighted by molar-refractivity contribution is 7.90. The number of rotatable bonds is 11. The van der Waals surface area contributed by atoms with Gasteiger partial charge in [-0.3, -0.25) is 9.59 Å². The summed E-state index contributed by atoms with van der Waals surface area (Å²) < 4.78 is 41.7. The third-order valence-corrected chi connectivity index (χ3v) is 7.04. The van der Waals surface area contributed by atoms with Gasteiger partial charge in [-0.05, 0) is 12.0 Å². The first-order chi connectivity index (χ1) is 17.2. The van der Waals surface area contributed by atoms with Gasteiger partial charge in [-0.25, -0.2) is 13.2 Å². The number of aromatic nitrogens is 2. The molecule has 36 heavy (non-hydrogen) atoms. The van der Waals surface area contributed by atoms with E-state index in [0.29, 0.717) is 25.2 Å². The summed E-state index contributed by atoms with van der Waals surface area (Å²) in [5, 5.41) is 9.94. The molecule has 0 saturated carbocycles. The van der Waals surface area contributed by atoms with Crippen molar-refractivity contribution in [1.29, 1.82) is 0 Å². The van der Waals surface area contributed by atoms with Crippen LogP contribution in [-0.2, 0) is 36.3 Å². The van der Waals surface area contributed by atoms with Gasteiger partial charge in [0.05, 0.1) is 30.8 Å². The Kier molecular flexibility index (Phi) is 9.53. The zero-order chi connectivity index (χ0) is 26.1. The first-order valence-electron chi connectivity index (χ1n) is 11.7. The summed E-state index contributed by atoms with van der Waals surface area (Å²) in [5.74, 6) is -2.63. The lowest BCUT2D eigenvalue weighted by Gasteiger charge is -2.28. The monoisotopic (exact) mass is 522 g/mol. The van der Waals surface area contributed by atoms with Crippen LogP contribution in [0.4, 0.5) is 4.79 Å². The molecule has 1 aromatic carbocycles. The summed E-state index contributed by atoms with van der Waals surface area (Å²) in [6, 6.07) is 7.37. The van der Waals surface area contributed by atoms with Crippen LogP contribution in [0.3, 0.4) is 0 Å². The minimum absolute atomic E-state index is 0.162. The quantitative estimate of drug-likeness (QED) is 0.425. The lowest BCUT2D eigenvalue weighted by molar-refractivity contribution is -0.129. The van der Waals surface area contributed by atoms with Crippen LogP contribution in [0, 0.1) is 0 Å². The Balaban J connectivity index is 1.76. The number of hydrogen-bond acceptors (Lipinski definition) is 10. The smallest absolute Gasteiger partial charge is 0.410 e. The Morgan fingerprint density at radius 2 is 1.81 bits per heavy atom. The Morgan fingerprint density at radius 3 is 2.42 bits per heavy atom. The van der Waals surface area contributed by atoms with Crippen molar-refractivity contribution < 1.29 is 36.7 Å². The van der Waals surface area contributed by atoms with E-state index in [4.69, 9.17) is 13.9 Å². The van der Waals surface area contributed by atoms with E-state index >= 15 is 0 Å². The molecule has 2 aromatic rings. The predicted octanol–water partition coefficient (Wildman–Crippen LogP) is 1.16. The third kappa shape index (κ3) is 7.59.